The summed E-state index contributed by atoms with van der Waals surface area (Å²) >= 11 is 0. The van der Waals surface area contributed by atoms with Gasteiger partial charge in [0.15, 0.2) is 5.82 Å². The molecule has 4 rings (SSSR count). The molecule has 6 nitrogen and oxygen atoms in total. The lowest BCUT2D eigenvalue weighted by Crippen LogP contribution is -2.47. The number of rotatable bonds is 3. The molecular weight excluding hydrogens is 331 g/mol. The Bertz CT molecular complexity index is 721. The van der Waals surface area contributed by atoms with E-state index in [0.29, 0.717) is 5.95 Å². The highest BCUT2D eigenvalue weighted by Gasteiger charge is 2.22. The second-order valence-electron chi connectivity index (χ2n) is 7.23. The van der Waals surface area contributed by atoms with Gasteiger partial charge in [0.1, 0.15) is 5.82 Å². The number of nitrogens with zero attached hydrogens (tertiary/aromatic N) is 6. The summed E-state index contributed by atoms with van der Waals surface area (Å²) in [6.07, 6.45) is 4.18. The normalized spacial score (nSPS) is 19.1. The number of hydrogen-bond acceptors (Lipinski definition) is 6. The molecule has 2 fully saturated rings. The van der Waals surface area contributed by atoms with Crippen molar-refractivity contribution in [1.29, 1.82) is 0 Å². The van der Waals surface area contributed by atoms with E-state index in [9.17, 15) is 4.39 Å². The number of halogens is 1. The fourth-order valence-electron chi connectivity index (χ4n) is 3.63. The van der Waals surface area contributed by atoms with Gasteiger partial charge in [0.25, 0.3) is 0 Å². The van der Waals surface area contributed by atoms with E-state index in [1.807, 2.05) is 12.1 Å². The van der Waals surface area contributed by atoms with Crippen molar-refractivity contribution in [2.45, 2.75) is 19.8 Å². The van der Waals surface area contributed by atoms with Crippen LogP contribution in [-0.4, -0.2) is 54.4 Å². The van der Waals surface area contributed by atoms with Gasteiger partial charge in [-0.15, -0.1) is 5.10 Å². The van der Waals surface area contributed by atoms with Gasteiger partial charge in [-0.25, -0.2) is 4.39 Å². The van der Waals surface area contributed by atoms with Crippen LogP contribution in [0.25, 0.3) is 0 Å². The van der Waals surface area contributed by atoms with E-state index in [-0.39, 0.29) is 5.82 Å². The zero-order valence-electron chi connectivity index (χ0n) is 15.2. The first-order chi connectivity index (χ1) is 12.7. The van der Waals surface area contributed by atoms with E-state index in [1.54, 1.807) is 6.20 Å². The van der Waals surface area contributed by atoms with Gasteiger partial charge in [-0.2, -0.15) is 10.1 Å². The van der Waals surface area contributed by atoms with Crippen LogP contribution in [0.5, 0.6) is 0 Å². The minimum atomic E-state index is -0.198. The van der Waals surface area contributed by atoms with Crippen LogP contribution >= 0.6 is 0 Å². The smallest absolute Gasteiger partial charge is 0.247 e. The largest absolute Gasteiger partial charge is 0.368 e. The minimum absolute atomic E-state index is 0.198. The zero-order valence-corrected chi connectivity index (χ0v) is 15.2. The lowest BCUT2D eigenvalue weighted by atomic mass is 9.99. The number of piperidine rings is 1. The maximum absolute atomic E-state index is 13.1. The molecule has 0 amide bonds. The van der Waals surface area contributed by atoms with E-state index in [0.717, 1.165) is 56.7 Å². The van der Waals surface area contributed by atoms with Crippen molar-refractivity contribution in [2.24, 2.45) is 5.92 Å². The molecule has 0 aliphatic carbocycles. The van der Waals surface area contributed by atoms with Gasteiger partial charge >= 0.3 is 0 Å². The Morgan fingerprint density at radius 3 is 2.23 bits per heavy atom. The topological polar surface area (TPSA) is 48.4 Å². The summed E-state index contributed by atoms with van der Waals surface area (Å²) in [5, 5.41) is 8.44. The minimum Gasteiger partial charge on any atom is -0.368 e. The van der Waals surface area contributed by atoms with E-state index in [4.69, 9.17) is 4.98 Å². The molecule has 1 aromatic heterocycles. The number of piperazine rings is 1. The van der Waals surface area contributed by atoms with Crippen molar-refractivity contribution < 1.29 is 4.39 Å². The van der Waals surface area contributed by atoms with Crippen LogP contribution in [0.3, 0.4) is 0 Å². The summed E-state index contributed by atoms with van der Waals surface area (Å²) in [5.74, 6) is 2.23. The molecule has 2 aliphatic heterocycles. The molecule has 3 heterocycles. The van der Waals surface area contributed by atoms with E-state index < -0.39 is 0 Å². The molecule has 0 N–H and O–H groups in total. The Labute approximate surface area is 153 Å². The Kier molecular flexibility index (Phi) is 4.86. The third-order valence-electron chi connectivity index (χ3n) is 5.40. The SMILES string of the molecule is CC1CCN(c2cnnc(N3CCN(c4ccc(F)cc4)CC3)n2)CC1. The average molecular weight is 356 g/mol. The molecule has 138 valence electrons. The highest BCUT2D eigenvalue weighted by Crippen LogP contribution is 2.23. The summed E-state index contributed by atoms with van der Waals surface area (Å²) < 4.78 is 13.1. The quantitative estimate of drug-likeness (QED) is 0.842. The van der Waals surface area contributed by atoms with Gasteiger partial charge < -0.3 is 14.7 Å². The third kappa shape index (κ3) is 3.71. The number of benzene rings is 1. The molecule has 1 aromatic carbocycles. The van der Waals surface area contributed by atoms with Crippen LogP contribution < -0.4 is 14.7 Å². The van der Waals surface area contributed by atoms with Crippen LogP contribution in [0.2, 0.25) is 0 Å². The Balaban J connectivity index is 1.40. The molecule has 0 spiro atoms. The van der Waals surface area contributed by atoms with Gasteiger partial charge in [0.2, 0.25) is 5.95 Å². The fraction of sp³-hybridized carbons (Fsp3) is 0.526. The van der Waals surface area contributed by atoms with E-state index in [1.165, 1.54) is 25.0 Å². The first-order valence-corrected chi connectivity index (χ1v) is 9.39. The Hall–Kier alpha value is -2.44. The molecule has 7 heteroatoms. The molecule has 2 aliphatic rings. The van der Waals surface area contributed by atoms with E-state index >= 15 is 0 Å². The van der Waals surface area contributed by atoms with Crippen LogP contribution in [-0.2, 0) is 0 Å². The molecule has 2 aromatic rings. The van der Waals surface area contributed by atoms with Crippen molar-refractivity contribution in [3.05, 3.63) is 36.3 Å². The van der Waals surface area contributed by atoms with Gasteiger partial charge in [-0.1, -0.05) is 6.92 Å². The standard InChI is InChI=1S/C19H25FN6/c1-15-6-8-25(9-7-15)18-14-21-23-19(22-18)26-12-10-24(11-13-26)17-4-2-16(20)3-5-17/h2-5,14-15H,6-13H2,1H3. The maximum Gasteiger partial charge on any atom is 0.247 e. The Morgan fingerprint density at radius 2 is 1.54 bits per heavy atom. The monoisotopic (exact) mass is 356 g/mol. The first kappa shape index (κ1) is 17.0. The summed E-state index contributed by atoms with van der Waals surface area (Å²) in [7, 11) is 0. The Morgan fingerprint density at radius 1 is 0.885 bits per heavy atom. The van der Waals surface area contributed by atoms with E-state index in [2.05, 4.69) is 31.8 Å². The highest BCUT2D eigenvalue weighted by molar-refractivity contribution is 5.49. The van der Waals surface area contributed by atoms with Crippen LogP contribution in [0, 0.1) is 11.7 Å². The van der Waals surface area contributed by atoms with Crippen molar-refractivity contribution in [1.82, 2.24) is 15.2 Å². The lowest BCUT2D eigenvalue weighted by molar-refractivity contribution is 0.436. The van der Waals surface area contributed by atoms with Crippen LogP contribution in [0.4, 0.5) is 21.8 Å². The zero-order chi connectivity index (χ0) is 17.9. The molecule has 0 bridgehead atoms. The van der Waals surface area contributed by atoms with Crippen molar-refractivity contribution >= 4 is 17.5 Å². The second kappa shape index (κ2) is 7.43. The molecule has 0 unspecified atom stereocenters. The lowest BCUT2D eigenvalue weighted by Gasteiger charge is -2.36. The van der Waals surface area contributed by atoms with Gasteiger partial charge in [-0.3, -0.25) is 0 Å². The van der Waals surface area contributed by atoms with Gasteiger partial charge in [-0.05, 0) is 43.0 Å². The molecule has 2 saturated heterocycles. The predicted octanol–water partition coefficient (Wildman–Crippen LogP) is 2.57. The summed E-state index contributed by atoms with van der Waals surface area (Å²) in [4.78, 5) is 11.5. The summed E-state index contributed by atoms with van der Waals surface area (Å²) in [6.45, 7) is 7.77. The highest BCUT2D eigenvalue weighted by atomic mass is 19.1. The number of anilines is 3. The van der Waals surface area contributed by atoms with Gasteiger partial charge in [0.05, 0.1) is 6.20 Å². The van der Waals surface area contributed by atoms with Crippen molar-refractivity contribution in [3.8, 4) is 0 Å². The summed E-state index contributed by atoms with van der Waals surface area (Å²) in [6, 6.07) is 6.69. The maximum atomic E-state index is 13.1. The molecule has 0 saturated carbocycles. The second-order valence-corrected chi connectivity index (χ2v) is 7.23. The van der Waals surface area contributed by atoms with Crippen molar-refractivity contribution in [3.63, 3.8) is 0 Å². The first-order valence-electron chi connectivity index (χ1n) is 9.39. The fourth-order valence-corrected chi connectivity index (χ4v) is 3.63. The average Bonchev–Trinajstić information content (AvgIpc) is 2.69. The predicted molar refractivity (Wildman–Crippen MR) is 101 cm³/mol. The molecule has 26 heavy (non-hydrogen) atoms. The molecule has 0 radical (unpaired) electrons. The third-order valence-corrected chi connectivity index (χ3v) is 5.40. The number of hydrogen-bond donors (Lipinski definition) is 0. The van der Waals surface area contributed by atoms with Crippen molar-refractivity contribution in [2.75, 3.05) is 54.0 Å². The molecular formula is C19H25FN6. The summed E-state index contributed by atoms with van der Waals surface area (Å²) in [5.41, 5.74) is 1.06. The molecule has 0 atom stereocenters. The van der Waals surface area contributed by atoms with Crippen LogP contribution in [0.1, 0.15) is 19.8 Å². The number of aromatic nitrogens is 3. The van der Waals surface area contributed by atoms with Gasteiger partial charge in [0, 0.05) is 45.0 Å². The van der Waals surface area contributed by atoms with Crippen LogP contribution in [0.15, 0.2) is 30.5 Å².